The molecule has 18 heavy (non-hydrogen) atoms. The highest BCUT2D eigenvalue weighted by atomic mass is 79.9. The molecule has 3 nitrogen and oxygen atoms in total. The summed E-state index contributed by atoms with van der Waals surface area (Å²) in [6.45, 7) is 2.27. The molecular weight excluding hydrogens is 345 g/mol. The first-order chi connectivity index (χ1) is 8.36. The zero-order chi connectivity index (χ0) is 13.8. The van der Waals surface area contributed by atoms with Crippen molar-refractivity contribution in [2.24, 2.45) is 0 Å². The van der Waals surface area contributed by atoms with Crippen LogP contribution in [0.15, 0.2) is 23.1 Å². The van der Waals surface area contributed by atoms with E-state index in [4.69, 9.17) is 11.6 Å². The molecule has 1 N–H and O–H groups in total. The van der Waals surface area contributed by atoms with E-state index in [0.717, 1.165) is 18.6 Å². The van der Waals surface area contributed by atoms with E-state index in [0.29, 0.717) is 6.42 Å². The molecule has 0 heterocycles. The number of hydrogen-bond donors (Lipinski definition) is 1. The summed E-state index contributed by atoms with van der Waals surface area (Å²) in [5, 5.41) is 0.00906. The average Bonchev–Trinajstić information content (AvgIpc) is 2.31. The summed E-state index contributed by atoms with van der Waals surface area (Å²) in [5.41, 5.74) is 0. The van der Waals surface area contributed by atoms with Crippen LogP contribution in [0.5, 0.6) is 0 Å². The number of sulfonamides is 1. The lowest BCUT2D eigenvalue weighted by molar-refractivity contribution is 0.574. The second-order valence-electron chi connectivity index (χ2n) is 3.77. The predicted molar refractivity (Wildman–Crippen MR) is 74.2 cm³/mol. The topological polar surface area (TPSA) is 46.2 Å². The summed E-state index contributed by atoms with van der Waals surface area (Å²) in [7, 11) is -3.76. The third-order valence-corrected chi connectivity index (χ3v) is 5.42. The Labute approximate surface area is 120 Å². The second-order valence-corrected chi connectivity index (χ2v) is 7.20. The van der Waals surface area contributed by atoms with Gasteiger partial charge in [0.1, 0.15) is 10.7 Å². The molecule has 1 aromatic carbocycles. The highest BCUT2D eigenvalue weighted by Gasteiger charge is 2.18. The first-order valence-corrected chi connectivity index (χ1v) is 8.23. The van der Waals surface area contributed by atoms with Crippen molar-refractivity contribution in [1.82, 2.24) is 4.72 Å². The monoisotopic (exact) mass is 357 g/mol. The molecule has 0 bridgehead atoms. The van der Waals surface area contributed by atoms with Gasteiger partial charge in [0.15, 0.2) is 0 Å². The smallest absolute Gasteiger partial charge is 0.211 e. The van der Waals surface area contributed by atoms with Gasteiger partial charge in [0, 0.05) is 11.4 Å². The van der Waals surface area contributed by atoms with Crippen molar-refractivity contribution in [3.05, 3.63) is 29.0 Å². The fourth-order valence-corrected chi connectivity index (χ4v) is 3.10. The van der Waals surface area contributed by atoms with E-state index in [-0.39, 0.29) is 21.3 Å². The molecule has 1 rings (SSSR count). The van der Waals surface area contributed by atoms with E-state index in [1.54, 1.807) is 0 Å². The van der Waals surface area contributed by atoms with E-state index in [9.17, 15) is 12.8 Å². The highest BCUT2D eigenvalue weighted by Crippen LogP contribution is 2.22. The van der Waals surface area contributed by atoms with Crippen molar-refractivity contribution < 1.29 is 12.8 Å². The van der Waals surface area contributed by atoms with Gasteiger partial charge in [0.2, 0.25) is 10.0 Å². The van der Waals surface area contributed by atoms with Crippen LogP contribution in [0.4, 0.5) is 4.39 Å². The van der Waals surface area contributed by atoms with Crippen molar-refractivity contribution in [1.29, 1.82) is 0 Å². The number of alkyl halides is 1. The van der Waals surface area contributed by atoms with Gasteiger partial charge >= 0.3 is 0 Å². The van der Waals surface area contributed by atoms with Gasteiger partial charge in [0.25, 0.3) is 0 Å². The Bertz CT molecular complexity index is 510. The van der Waals surface area contributed by atoms with Crippen LogP contribution in [0.3, 0.4) is 0 Å². The predicted octanol–water partition coefficient (Wildman–Crippen LogP) is 3.32. The second kappa shape index (κ2) is 6.84. The number of rotatable bonds is 6. The van der Waals surface area contributed by atoms with Crippen LogP contribution in [0.1, 0.15) is 19.8 Å². The standard InChI is InChI=1S/C11H14BrClFNO2S/c1-2-8(12)5-6-15-18(16,17)11-7-9(14)3-4-10(11)13/h3-4,7-8,15H,2,5-6H2,1H3. The molecule has 0 saturated carbocycles. The van der Waals surface area contributed by atoms with E-state index < -0.39 is 15.8 Å². The Morgan fingerprint density at radius 3 is 2.78 bits per heavy atom. The lowest BCUT2D eigenvalue weighted by Gasteiger charge is -2.10. The Morgan fingerprint density at radius 2 is 2.17 bits per heavy atom. The largest absolute Gasteiger partial charge is 0.242 e. The van der Waals surface area contributed by atoms with Crippen LogP contribution >= 0.6 is 27.5 Å². The maximum Gasteiger partial charge on any atom is 0.242 e. The molecule has 102 valence electrons. The van der Waals surface area contributed by atoms with Crippen molar-refractivity contribution in [3.63, 3.8) is 0 Å². The van der Waals surface area contributed by atoms with Crippen molar-refractivity contribution in [2.75, 3.05) is 6.54 Å². The minimum atomic E-state index is -3.76. The van der Waals surface area contributed by atoms with Gasteiger partial charge in [-0.2, -0.15) is 0 Å². The van der Waals surface area contributed by atoms with Gasteiger partial charge in [-0.3, -0.25) is 0 Å². The van der Waals surface area contributed by atoms with E-state index in [2.05, 4.69) is 20.7 Å². The van der Waals surface area contributed by atoms with Crippen molar-refractivity contribution in [3.8, 4) is 0 Å². The molecule has 0 aromatic heterocycles. The van der Waals surface area contributed by atoms with Crippen LogP contribution < -0.4 is 4.72 Å². The molecular formula is C11H14BrClFNO2S. The van der Waals surface area contributed by atoms with Crippen LogP contribution in [0, 0.1) is 5.82 Å². The van der Waals surface area contributed by atoms with Gasteiger partial charge in [-0.1, -0.05) is 34.5 Å². The summed E-state index contributed by atoms with van der Waals surface area (Å²) in [4.78, 5) is 0.0231. The molecule has 1 aromatic rings. The molecule has 0 amide bonds. The lowest BCUT2D eigenvalue weighted by atomic mass is 10.2. The van der Waals surface area contributed by atoms with E-state index in [1.807, 2.05) is 6.92 Å². The molecule has 1 unspecified atom stereocenters. The third-order valence-electron chi connectivity index (χ3n) is 2.38. The summed E-state index contributed by atoms with van der Waals surface area (Å²) in [6.07, 6.45) is 1.56. The fraction of sp³-hybridized carbons (Fsp3) is 0.455. The summed E-state index contributed by atoms with van der Waals surface area (Å²) in [6, 6.07) is 3.26. The maximum atomic E-state index is 13.0. The maximum absolute atomic E-state index is 13.0. The number of hydrogen-bond acceptors (Lipinski definition) is 2. The highest BCUT2D eigenvalue weighted by molar-refractivity contribution is 9.09. The first kappa shape index (κ1) is 15.9. The molecule has 0 spiro atoms. The normalized spacial score (nSPS) is 13.6. The SMILES string of the molecule is CCC(Br)CCNS(=O)(=O)c1cc(F)ccc1Cl. The van der Waals surface area contributed by atoms with Crippen molar-refractivity contribution >= 4 is 37.6 Å². The molecule has 7 heteroatoms. The van der Waals surface area contributed by atoms with Gasteiger partial charge in [-0.15, -0.1) is 0 Å². The first-order valence-electron chi connectivity index (χ1n) is 5.45. The third kappa shape index (κ3) is 4.50. The summed E-state index contributed by atoms with van der Waals surface area (Å²) in [5.74, 6) is -0.633. The van der Waals surface area contributed by atoms with Crippen molar-refractivity contribution in [2.45, 2.75) is 29.5 Å². The van der Waals surface area contributed by atoms with Gasteiger partial charge < -0.3 is 0 Å². The molecule has 0 radical (unpaired) electrons. The molecule has 0 saturated heterocycles. The van der Waals surface area contributed by atoms with Crippen LogP contribution in [0.2, 0.25) is 5.02 Å². The Balaban J connectivity index is 2.77. The molecule has 0 aliphatic carbocycles. The summed E-state index contributed by atoms with van der Waals surface area (Å²) < 4.78 is 39.2. The zero-order valence-electron chi connectivity index (χ0n) is 9.79. The quantitative estimate of drug-likeness (QED) is 0.793. The van der Waals surface area contributed by atoms with Crippen LogP contribution in [-0.2, 0) is 10.0 Å². The van der Waals surface area contributed by atoms with Crippen LogP contribution in [-0.4, -0.2) is 19.8 Å². The fourth-order valence-electron chi connectivity index (χ4n) is 1.31. The Kier molecular flexibility index (Phi) is 6.04. The number of halogens is 3. The number of nitrogens with one attached hydrogen (secondary N) is 1. The van der Waals surface area contributed by atoms with Gasteiger partial charge in [-0.05, 0) is 31.0 Å². The van der Waals surface area contributed by atoms with E-state index >= 15 is 0 Å². The van der Waals surface area contributed by atoms with Gasteiger partial charge in [0.05, 0.1) is 5.02 Å². The Morgan fingerprint density at radius 1 is 1.50 bits per heavy atom. The average molecular weight is 359 g/mol. The minimum absolute atomic E-state index is 0.00906. The Hall–Kier alpha value is -0.170. The number of benzene rings is 1. The summed E-state index contributed by atoms with van der Waals surface area (Å²) >= 11 is 9.16. The zero-order valence-corrected chi connectivity index (χ0v) is 12.9. The molecule has 0 fully saturated rings. The van der Waals surface area contributed by atoms with Crippen LogP contribution in [0.25, 0.3) is 0 Å². The molecule has 1 atom stereocenters. The molecule has 0 aliphatic heterocycles. The minimum Gasteiger partial charge on any atom is -0.211 e. The van der Waals surface area contributed by atoms with E-state index in [1.165, 1.54) is 6.07 Å². The lowest BCUT2D eigenvalue weighted by Crippen LogP contribution is -2.26. The van der Waals surface area contributed by atoms with Gasteiger partial charge in [-0.25, -0.2) is 17.5 Å². The molecule has 0 aliphatic rings.